The molecule has 0 rings (SSSR count). The Hall–Kier alpha value is -0.0800. The molecule has 98 valence electrons. The van der Waals surface area contributed by atoms with Gasteiger partial charge in [-0.2, -0.15) is 0 Å². The maximum Gasteiger partial charge on any atom is 0.00665 e. The van der Waals surface area contributed by atoms with Crippen LogP contribution < -0.4 is 5.32 Å². The van der Waals surface area contributed by atoms with E-state index in [0.29, 0.717) is 11.5 Å². The Labute approximate surface area is 103 Å². The third-order valence-electron chi connectivity index (χ3n) is 3.65. The Bertz CT molecular complexity index is 180. The van der Waals surface area contributed by atoms with E-state index in [2.05, 4.69) is 51.9 Å². The van der Waals surface area contributed by atoms with Crippen molar-refractivity contribution in [1.82, 2.24) is 10.2 Å². The van der Waals surface area contributed by atoms with E-state index < -0.39 is 0 Å². The minimum absolute atomic E-state index is 0.398. The van der Waals surface area contributed by atoms with Crippen molar-refractivity contribution in [2.75, 3.05) is 27.2 Å². The summed E-state index contributed by atoms with van der Waals surface area (Å²) in [6.45, 7) is 13.9. The third kappa shape index (κ3) is 5.86. The molecule has 0 heterocycles. The molecule has 16 heavy (non-hydrogen) atoms. The van der Waals surface area contributed by atoms with E-state index in [0.717, 1.165) is 12.5 Å². The lowest BCUT2D eigenvalue weighted by molar-refractivity contribution is 0.138. The molecule has 0 saturated carbocycles. The van der Waals surface area contributed by atoms with Gasteiger partial charge in [0.2, 0.25) is 0 Å². The number of hydrogen-bond acceptors (Lipinski definition) is 2. The molecule has 2 unspecified atom stereocenters. The van der Waals surface area contributed by atoms with E-state index in [4.69, 9.17) is 0 Å². The van der Waals surface area contributed by atoms with Crippen LogP contribution in [-0.2, 0) is 0 Å². The van der Waals surface area contributed by atoms with Gasteiger partial charge in [0.15, 0.2) is 0 Å². The van der Waals surface area contributed by atoms with Gasteiger partial charge in [-0.3, -0.25) is 0 Å². The second-order valence-electron chi connectivity index (χ2n) is 6.09. The van der Waals surface area contributed by atoms with Crippen LogP contribution >= 0.6 is 0 Å². The fourth-order valence-corrected chi connectivity index (χ4v) is 2.34. The average molecular weight is 228 g/mol. The van der Waals surface area contributed by atoms with Crippen LogP contribution in [0.3, 0.4) is 0 Å². The van der Waals surface area contributed by atoms with Crippen LogP contribution in [0.2, 0.25) is 0 Å². The highest BCUT2D eigenvalue weighted by Crippen LogP contribution is 2.23. The Morgan fingerprint density at radius 1 is 1.25 bits per heavy atom. The molecule has 0 aliphatic rings. The van der Waals surface area contributed by atoms with Crippen LogP contribution in [0.4, 0.5) is 0 Å². The van der Waals surface area contributed by atoms with Gasteiger partial charge >= 0.3 is 0 Å². The lowest BCUT2D eigenvalue weighted by atomic mass is 9.86. The summed E-state index contributed by atoms with van der Waals surface area (Å²) in [4.78, 5) is 2.51. The Morgan fingerprint density at radius 2 is 1.81 bits per heavy atom. The van der Waals surface area contributed by atoms with E-state index in [1.165, 1.54) is 19.4 Å². The standard InChI is InChI=1S/C14H32N2/c1-8-14(5,10-15-6)11-16(7)13(4)9-12(2)3/h12-13,15H,8-11H2,1-7H3. The second kappa shape index (κ2) is 7.29. The van der Waals surface area contributed by atoms with Crippen molar-refractivity contribution in [3.05, 3.63) is 0 Å². The first-order valence-electron chi connectivity index (χ1n) is 6.69. The first-order valence-corrected chi connectivity index (χ1v) is 6.69. The van der Waals surface area contributed by atoms with Crippen LogP contribution in [0.5, 0.6) is 0 Å². The van der Waals surface area contributed by atoms with Gasteiger partial charge in [0.1, 0.15) is 0 Å². The normalized spacial score (nSPS) is 17.8. The van der Waals surface area contributed by atoms with Gasteiger partial charge in [-0.25, -0.2) is 0 Å². The number of nitrogens with one attached hydrogen (secondary N) is 1. The predicted octanol–water partition coefficient (Wildman–Crippen LogP) is 2.99. The van der Waals surface area contributed by atoms with Crippen molar-refractivity contribution in [1.29, 1.82) is 0 Å². The van der Waals surface area contributed by atoms with Crippen molar-refractivity contribution < 1.29 is 0 Å². The predicted molar refractivity (Wildman–Crippen MR) is 73.9 cm³/mol. The van der Waals surface area contributed by atoms with E-state index in [-0.39, 0.29) is 0 Å². The van der Waals surface area contributed by atoms with Crippen molar-refractivity contribution in [2.45, 2.75) is 53.5 Å². The third-order valence-corrected chi connectivity index (χ3v) is 3.65. The zero-order chi connectivity index (χ0) is 12.8. The molecular weight excluding hydrogens is 196 g/mol. The van der Waals surface area contributed by atoms with Crippen LogP contribution in [-0.4, -0.2) is 38.1 Å². The summed E-state index contributed by atoms with van der Waals surface area (Å²) < 4.78 is 0. The molecule has 0 saturated heterocycles. The Balaban J connectivity index is 4.23. The van der Waals surface area contributed by atoms with Gasteiger partial charge in [-0.15, -0.1) is 0 Å². The second-order valence-corrected chi connectivity index (χ2v) is 6.09. The van der Waals surface area contributed by atoms with Crippen LogP contribution in [0.15, 0.2) is 0 Å². The van der Waals surface area contributed by atoms with E-state index in [1.807, 2.05) is 7.05 Å². The molecule has 2 heteroatoms. The zero-order valence-corrected chi connectivity index (χ0v) is 12.4. The molecule has 0 aliphatic carbocycles. The average Bonchev–Trinajstić information content (AvgIpc) is 2.17. The molecule has 0 spiro atoms. The maximum atomic E-state index is 3.32. The monoisotopic (exact) mass is 228 g/mol. The van der Waals surface area contributed by atoms with Crippen LogP contribution in [0.25, 0.3) is 0 Å². The Kier molecular flexibility index (Phi) is 7.25. The fraction of sp³-hybridized carbons (Fsp3) is 1.00. The highest BCUT2D eigenvalue weighted by atomic mass is 15.1. The van der Waals surface area contributed by atoms with E-state index in [1.54, 1.807) is 0 Å². The smallest absolute Gasteiger partial charge is 0.00665 e. The maximum absolute atomic E-state index is 3.32. The summed E-state index contributed by atoms with van der Waals surface area (Å²) in [5, 5.41) is 3.32. The summed E-state index contributed by atoms with van der Waals surface area (Å²) in [5.74, 6) is 0.787. The van der Waals surface area contributed by atoms with Gasteiger partial charge in [-0.05, 0) is 45.2 Å². The van der Waals surface area contributed by atoms with Crippen molar-refractivity contribution in [3.8, 4) is 0 Å². The lowest BCUT2D eigenvalue weighted by Gasteiger charge is -2.36. The number of rotatable bonds is 8. The first-order chi connectivity index (χ1) is 7.34. The highest BCUT2D eigenvalue weighted by Gasteiger charge is 2.25. The largest absolute Gasteiger partial charge is 0.319 e. The molecule has 0 aromatic heterocycles. The summed E-state index contributed by atoms with van der Waals surface area (Å²) in [6, 6.07) is 0.683. The van der Waals surface area contributed by atoms with Crippen molar-refractivity contribution in [3.63, 3.8) is 0 Å². The molecule has 1 N–H and O–H groups in total. The number of hydrogen-bond donors (Lipinski definition) is 1. The van der Waals surface area contributed by atoms with Crippen LogP contribution in [0, 0.1) is 11.3 Å². The molecule has 2 atom stereocenters. The Morgan fingerprint density at radius 3 is 2.19 bits per heavy atom. The van der Waals surface area contributed by atoms with Gasteiger partial charge in [0.25, 0.3) is 0 Å². The summed E-state index contributed by atoms with van der Waals surface area (Å²) in [5.41, 5.74) is 0.398. The van der Waals surface area contributed by atoms with E-state index in [9.17, 15) is 0 Å². The molecule has 0 fully saturated rings. The minimum atomic E-state index is 0.398. The molecule has 0 bridgehead atoms. The summed E-state index contributed by atoms with van der Waals surface area (Å²) >= 11 is 0. The SMILES string of the molecule is CCC(C)(CNC)CN(C)C(C)CC(C)C. The quantitative estimate of drug-likeness (QED) is 0.687. The molecule has 0 aliphatic heterocycles. The highest BCUT2D eigenvalue weighted by molar-refractivity contribution is 4.80. The molecule has 0 aromatic carbocycles. The fourth-order valence-electron chi connectivity index (χ4n) is 2.34. The molecule has 0 aromatic rings. The zero-order valence-electron chi connectivity index (χ0n) is 12.4. The topological polar surface area (TPSA) is 15.3 Å². The lowest BCUT2D eigenvalue weighted by Crippen LogP contribution is -2.43. The summed E-state index contributed by atoms with van der Waals surface area (Å²) in [7, 11) is 4.31. The first kappa shape index (κ1) is 15.9. The minimum Gasteiger partial charge on any atom is -0.319 e. The van der Waals surface area contributed by atoms with Crippen LogP contribution in [0.1, 0.15) is 47.5 Å². The molecule has 2 nitrogen and oxygen atoms in total. The number of nitrogens with zero attached hydrogens (tertiary/aromatic N) is 1. The van der Waals surface area contributed by atoms with Gasteiger partial charge < -0.3 is 10.2 Å². The molecular formula is C14H32N2. The molecule has 0 amide bonds. The van der Waals surface area contributed by atoms with E-state index >= 15 is 0 Å². The van der Waals surface area contributed by atoms with Gasteiger partial charge in [0.05, 0.1) is 0 Å². The van der Waals surface area contributed by atoms with Gasteiger partial charge in [0, 0.05) is 19.1 Å². The van der Waals surface area contributed by atoms with Crippen molar-refractivity contribution in [2.24, 2.45) is 11.3 Å². The van der Waals surface area contributed by atoms with Gasteiger partial charge in [-0.1, -0.05) is 27.7 Å². The molecule has 0 radical (unpaired) electrons. The van der Waals surface area contributed by atoms with Crippen molar-refractivity contribution >= 4 is 0 Å². The summed E-state index contributed by atoms with van der Waals surface area (Å²) in [6.07, 6.45) is 2.52.